The van der Waals surface area contributed by atoms with Gasteiger partial charge >= 0.3 is 5.97 Å². The van der Waals surface area contributed by atoms with Crippen LogP contribution in [0.2, 0.25) is 5.02 Å². The molecule has 2 heterocycles. The second kappa shape index (κ2) is 6.46. The first-order valence-electron chi connectivity index (χ1n) is 7.94. The number of aryl methyl sites for hydroxylation is 1. The number of benzene rings is 1. The SMILES string of the molecule is Cc1c(Cl)c(CN2CC(C)CC(C(=O)O)C2)nc2ccccc12. The molecule has 0 bridgehead atoms. The van der Waals surface area contributed by atoms with Gasteiger partial charge in [-0.15, -0.1) is 0 Å². The lowest BCUT2D eigenvalue weighted by Gasteiger charge is -2.34. The van der Waals surface area contributed by atoms with Crippen LogP contribution in [-0.2, 0) is 11.3 Å². The number of fused-ring (bicyclic) bond motifs is 1. The molecule has 2 aromatic rings. The molecule has 1 saturated heterocycles. The number of halogens is 1. The summed E-state index contributed by atoms with van der Waals surface area (Å²) in [5.74, 6) is -0.653. The third-order valence-corrected chi connectivity index (χ3v) is 5.11. The largest absolute Gasteiger partial charge is 0.481 e. The average Bonchev–Trinajstić information content (AvgIpc) is 2.52. The molecule has 1 aromatic carbocycles. The first-order chi connectivity index (χ1) is 11.0. The molecule has 4 nitrogen and oxygen atoms in total. The number of pyridine rings is 1. The first-order valence-corrected chi connectivity index (χ1v) is 8.32. The van der Waals surface area contributed by atoms with Gasteiger partial charge in [-0.05, 0) is 30.9 Å². The van der Waals surface area contributed by atoms with E-state index in [1.807, 2.05) is 31.2 Å². The highest BCUT2D eigenvalue weighted by atomic mass is 35.5. The lowest BCUT2D eigenvalue weighted by atomic mass is 9.90. The molecule has 1 aromatic heterocycles. The highest BCUT2D eigenvalue weighted by Crippen LogP contribution is 2.29. The normalized spacial score (nSPS) is 22.4. The Balaban J connectivity index is 1.89. The van der Waals surface area contributed by atoms with Crippen LogP contribution in [0.3, 0.4) is 0 Å². The van der Waals surface area contributed by atoms with Gasteiger partial charge in [0.15, 0.2) is 0 Å². The topological polar surface area (TPSA) is 53.4 Å². The molecule has 0 saturated carbocycles. The fourth-order valence-electron chi connectivity index (χ4n) is 3.50. The van der Waals surface area contributed by atoms with Gasteiger partial charge in [0.1, 0.15) is 0 Å². The minimum Gasteiger partial charge on any atom is -0.481 e. The molecule has 5 heteroatoms. The Morgan fingerprint density at radius 1 is 1.39 bits per heavy atom. The van der Waals surface area contributed by atoms with Crippen LogP contribution >= 0.6 is 11.6 Å². The fraction of sp³-hybridized carbons (Fsp3) is 0.444. The number of rotatable bonds is 3. The maximum absolute atomic E-state index is 11.3. The van der Waals surface area contributed by atoms with Crippen molar-refractivity contribution in [1.82, 2.24) is 9.88 Å². The van der Waals surface area contributed by atoms with E-state index in [4.69, 9.17) is 16.6 Å². The standard InChI is InChI=1S/C18H21ClN2O2/c1-11-7-13(18(22)23)9-21(8-11)10-16-17(19)12(2)14-5-3-4-6-15(14)20-16/h3-6,11,13H,7-10H2,1-2H3,(H,22,23). The zero-order valence-corrected chi connectivity index (χ0v) is 14.2. The summed E-state index contributed by atoms with van der Waals surface area (Å²) in [6.07, 6.45) is 0.740. The van der Waals surface area contributed by atoms with Crippen LogP contribution in [0.4, 0.5) is 0 Å². The molecule has 0 aliphatic carbocycles. The minimum atomic E-state index is -0.713. The van der Waals surface area contributed by atoms with E-state index in [2.05, 4.69) is 11.8 Å². The van der Waals surface area contributed by atoms with Gasteiger partial charge in [-0.3, -0.25) is 9.69 Å². The Hall–Kier alpha value is -1.65. The number of aromatic nitrogens is 1. The number of piperidine rings is 1. The fourth-order valence-corrected chi connectivity index (χ4v) is 3.71. The van der Waals surface area contributed by atoms with E-state index in [1.54, 1.807) is 0 Å². The van der Waals surface area contributed by atoms with Gasteiger partial charge in [0.25, 0.3) is 0 Å². The van der Waals surface area contributed by atoms with Gasteiger partial charge in [0.05, 0.1) is 22.2 Å². The van der Waals surface area contributed by atoms with Gasteiger partial charge in [-0.1, -0.05) is 36.7 Å². The van der Waals surface area contributed by atoms with Crippen molar-refractivity contribution in [3.05, 3.63) is 40.5 Å². The Morgan fingerprint density at radius 3 is 2.87 bits per heavy atom. The molecule has 0 amide bonds. The highest BCUT2D eigenvalue weighted by molar-refractivity contribution is 6.32. The van der Waals surface area contributed by atoms with Crippen LogP contribution in [0.15, 0.2) is 24.3 Å². The predicted octanol–water partition coefficient (Wildman–Crippen LogP) is 3.74. The third kappa shape index (κ3) is 3.33. The first kappa shape index (κ1) is 16.2. The van der Waals surface area contributed by atoms with E-state index in [-0.39, 0.29) is 5.92 Å². The molecule has 1 aliphatic rings. The molecule has 3 rings (SSSR count). The van der Waals surface area contributed by atoms with Crippen molar-refractivity contribution in [2.45, 2.75) is 26.8 Å². The molecule has 2 atom stereocenters. The maximum Gasteiger partial charge on any atom is 0.307 e. The number of hydrogen-bond acceptors (Lipinski definition) is 3. The number of carboxylic acids is 1. The van der Waals surface area contributed by atoms with Crippen LogP contribution in [0, 0.1) is 18.8 Å². The van der Waals surface area contributed by atoms with Crippen LogP contribution in [0.5, 0.6) is 0 Å². The molecule has 1 fully saturated rings. The number of hydrogen-bond donors (Lipinski definition) is 1. The summed E-state index contributed by atoms with van der Waals surface area (Å²) in [7, 11) is 0. The summed E-state index contributed by atoms with van der Waals surface area (Å²) < 4.78 is 0. The minimum absolute atomic E-state index is 0.306. The zero-order chi connectivity index (χ0) is 16.6. The van der Waals surface area contributed by atoms with E-state index in [0.29, 0.717) is 24.0 Å². The van der Waals surface area contributed by atoms with Crippen LogP contribution in [-0.4, -0.2) is 34.0 Å². The van der Waals surface area contributed by atoms with Crippen molar-refractivity contribution in [1.29, 1.82) is 0 Å². The predicted molar refractivity (Wildman–Crippen MR) is 91.7 cm³/mol. The second-order valence-electron chi connectivity index (χ2n) is 6.58. The van der Waals surface area contributed by atoms with E-state index < -0.39 is 5.97 Å². The Kier molecular flexibility index (Phi) is 4.55. The van der Waals surface area contributed by atoms with E-state index in [1.165, 1.54) is 0 Å². The third-order valence-electron chi connectivity index (χ3n) is 4.60. The molecule has 2 unspecified atom stereocenters. The molecule has 122 valence electrons. The summed E-state index contributed by atoms with van der Waals surface area (Å²) in [5.41, 5.74) is 2.80. The van der Waals surface area contributed by atoms with Gasteiger partial charge in [0.2, 0.25) is 0 Å². The van der Waals surface area contributed by atoms with Crippen LogP contribution in [0.1, 0.15) is 24.6 Å². The zero-order valence-electron chi connectivity index (χ0n) is 13.4. The molecule has 1 aliphatic heterocycles. The number of para-hydroxylation sites is 1. The van der Waals surface area contributed by atoms with Crippen molar-refractivity contribution >= 4 is 28.5 Å². The summed E-state index contributed by atoms with van der Waals surface area (Å²) in [6.45, 7) is 6.15. The number of carbonyl (C=O) groups is 1. The summed E-state index contributed by atoms with van der Waals surface area (Å²) in [5, 5.41) is 11.1. The van der Waals surface area contributed by atoms with Gasteiger partial charge in [-0.25, -0.2) is 4.98 Å². The number of nitrogens with zero attached hydrogens (tertiary/aromatic N) is 2. The average molecular weight is 333 g/mol. The van der Waals surface area contributed by atoms with Gasteiger partial charge < -0.3 is 5.11 Å². The highest BCUT2D eigenvalue weighted by Gasteiger charge is 2.30. The van der Waals surface area contributed by atoms with Crippen molar-refractivity contribution in [3.63, 3.8) is 0 Å². The molecule has 1 N–H and O–H groups in total. The van der Waals surface area contributed by atoms with Crippen LogP contribution < -0.4 is 0 Å². The number of aliphatic carboxylic acids is 1. The Labute approximate surface area is 141 Å². The maximum atomic E-state index is 11.3. The van der Waals surface area contributed by atoms with E-state index in [9.17, 15) is 9.90 Å². The summed E-state index contributed by atoms with van der Waals surface area (Å²) >= 11 is 6.52. The number of carboxylic acid groups (broad SMARTS) is 1. The van der Waals surface area contributed by atoms with Crippen molar-refractivity contribution in [2.75, 3.05) is 13.1 Å². The van der Waals surface area contributed by atoms with Crippen LogP contribution in [0.25, 0.3) is 10.9 Å². The quantitative estimate of drug-likeness (QED) is 0.930. The lowest BCUT2D eigenvalue weighted by molar-refractivity contribution is -0.144. The Morgan fingerprint density at radius 2 is 2.13 bits per heavy atom. The van der Waals surface area contributed by atoms with Gasteiger partial charge in [0, 0.05) is 25.0 Å². The monoisotopic (exact) mass is 332 g/mol. The molecular weight excluding hydrogens is 312 g/mol. The summed E-state index contributed by atoms with van der Waals surface area (Å²) in [4.78, 5) is 18.2. The van der Waals surface area contributed by atoms with Gasteiger partial charge in [-0.2, -0.15) is 0 Å². The van der Waals surface area contributed by atoms with E-state index >= 15 is 0 Å². The van der Waals surface area contributed by atoms with Crippen molar-refractivity contribution in [3.8, 4) is 0 Å². The smallest absolute Gasteiger partial charge is 0.307 e. The summed E-state index contributed by atoms with van der Waals surface area (Å²) in [6, 6.07) is 7.96. The van der Waals surface area contributed by atoms with Crippen molar-refractivity contribution in [2.24, 2.45) is 11.8 Å². The molecular formula is C18H21ClN2O2. The second-order valence-corrected chi connectivity index (χ2v) is 6.96. The Bertz CT molecular complexity index is 747. The van der Waals surface area contributed by atoms with Crippen molar-refractivity contribution < 1.29 is 9.90 Å². The lowest BCUT2D eigenvalue weighted by Crippen LogP contribution is -2.42. The number of likely N-dealkylation sites (tertiary alicyclic amines) is 1. The van der Waals surface area contributed by atoms with E-state index in [0.717, 1.165) is 35.1 Å². The molecule has 0 radical (unpaired) electrons. The molecule has 23 heavy (non-hydrogen) atoms. The molecule has 0 spiro atoms.